The molecule has 0 unspecified atom stereocenters. The SMILES string of the molecule is COC(=O)Cc1ccc(Cc2c(C)nc(N)nc2NCCOCCOCCP(O)O)c(OC)c1. The number of ether oxygens (including phenoxy) is 4. The summed E-state index contributed by atoms with van der Waals surface area (Å²) in [5.74, 6) is 1.13. The third-order valence-electron chi connectivity index (χ3n) is 4.87. The number of esters is 1. The number of nitrogens with two attached hydrogens (primary N) is 1. The molecule has 0 radical (unpaired) electrons. The highest BCUT2D eigenvalue weighted by Crippen LogP contribution is 2.27. The summed E-state index contributed by atoms with van der Waals surface area (Å²) >= 11 is 0. The minimum atomic E-state index is -1.92. The average molecular weight is 497 g/mol. The molecule has 2 aromatic rings. The van der Waals surface area contributed by atoms with E-state index in [1.54, 1.807) is 7.11 Å². The van der Waals surface area contributed by atoms with Crippen LogP contribution in [0.15, 0.2) is 18.2 Å². The van der Waals surface area contributed by atoms with Gasteiger partial charge in [0.25, 0.3) is 0 Å². The number of benzene rings is 1. The Labute approximate surface area is 200 Å². The Morgan fingerprint density at radius 3 is 2.53 bits per heavy atom. The zero-order chi connectivity index (χ0) is 24.9. The van der Waals surface area contributed by atoms with Crippen LogP contribution in [-0.4, -0.2) is 79.1 Å². The summed E-state index contributed by atoms with van der Waals surface area (Å²) in [6.07, 6.45) is 0.898. The van der Waals surface area contributed by atoms with Gasteiger partial charge < -0.3 is 39.8 Å². The number of hydrogen-bond donors (Lipinski definition) is 4. The molecule has 188 valence electrons. The second kappa shape index (κ2) is 14.6. The predicted octanol–water partition coefficient (Wildman–Crippen LogP) is 1.42. The van der Waals surface area contributed by atoms with E-state index in [0.717, 1.165) is 22.4 Å². The highest BCUT2D eigenvalue weighted by molar-refractivity contribution is 7.45. The second-order valence-electron chi connectivity index (χ2n) is 7.32. The van der Waals surface area contributed by atoms with E-state index in [-0.39, 0.29) is 31.1 Å². The molecule has 0 aliphatic heterocycles. The monoisotopic (exact) mass is 496 g/mol. The largest absolute Gasteiger partial charge is 0.496 e. The van der Waals surface area contributed by atoms with Gasteiger partial charge in [0.05, 0.1) is 47.1 Å². The van der Waals surface area contributed by atoms with Gasteiger partial charge in [0.15, 0.2) is 8.38 Å². The Balaban J connectivity index is 1.98. The molecule has 0 saturated heterocycles. The number of aromatic nitrogens is 2. The normalized spacial score (nSPS) is 11.0. The molecule has 0 amide bonds. The van der Waals surface area contributed by atoms with Crippen molar-refractivity contribution in [1.82, 2.24) is 9.97 Å². The molecule has 1 aromatic carbocycles. The minimum Gasteiger partial charge on any atom is -0.496 e. The van der Waals surface area contributed by atoms with Crippen molar-refractivity contribution in [2.45, 2.75) is 19.8 Å². The van der Waals surface area contributed by atoms with Gasteiger partial charge in [-0.25, -0.2) is 4.98 Å². The molecule has 2 rings (SSSR count). The molecule has 0 saturated carbocycles. The van der Waals surface area contributed by atoms with Crippen molar-refractivity contribution in [1.29, 1.82) is 0 Å². The molecule has 0 atom stereocenters. The maximum absolute atomic E-state index is 11.6. The number of nitrogen functional groups attached to an aromatic ring is 1. The van der Waals surface area contributed by atoms with Crippen molar-refractivity contribution in [3.63, 3.8) is 0 Å². The number of anilines is 2. The molecule has 12 heteroatoms. The summed E-state index contributed by atoms with van der Waals surface area (Å²) in [4.78, 5) is 37.9. The van der Waals surface area contributed by atoms with Crippen molar-refractivity contribution in [3.05, 3.63) is 40.6 Å². The van der Waals surface area contributed by atoms with E-state index in [1.807, 2.05) is 25.1 Å². The molecule has 0 spiro atoms. The first kappa shape index (κ1) is 27.7. The van der Waals surface area contributed by atoms with Crippen LogP contribution in [0.25, 0.3) is 0 Å². The lowest BCUT2D eigenvalue weighted by Crippen LogP contribution is -2.16. The first-order valence-electron chi connectivity index (χ1n) is 10.7. The lowest BCUT2D eigenvalue weighted by atomic mass is 10.0. The molecule has 34 heavy (non-hydrogen) atoms. The van der Waals surface area contributed by atoms with Crippen LogP contribution in [0.5, 0.6) is 5.75 Å². The van der Waals surface area contributed by atoms with E-state index in [1.165, 1.54) is 7.11 Å². The van der Waals surface area contributed by atoms with E-state index in [4.69, 9.17) is 34.5 Å². The minimum absolute atomic E-state index is 0.166. The number of nitrogens with one attached hydrogen (secondary N) is 1. The van der Waals surface area contributed by atoms with Gasteiger partial charge in [0.1, 0.15) is 11.6 Å². The van der Waals surface area contributed by atoms with Crippen molar-refractivity contribution in [2.75, 3.05) is 64.4 Å². The van der Waals surface area contributed by atoms with Crippen molar-refractivity contribution < 1.29 is 33.5 Å². The fourth-order valence-corrected chi connectivity index (χ4v) is 3.45. The van der Waals surface area contributed by atoms with Gasteiger partial charge >= 0.3 is 5.97 Å². The van der Waals surface area contributed by atoms with Gasteiger partial charge in [-0.1, -0.05) is 12.1 Å². The van der Waals surface area contributed by atoms with Gasteiger partial charge in [-0.2, -0.15) is 4.98 Å². The van der Waals surface area contributed by atoms with Crippen LogP contribution in [0, 0.1) is 6.92 Å². The van der Waals surface area contributed by atoms with Crippen LogP contribution in [0.4, 0.5) is 11.8 Å². The summed E-state index contributed by atoms with van der Waals surface area (Å²) in [5.41, 5.74) is 9.20. The molecule has 11 nitrogen and oxygen atoms in total. The quantitative estimate of drug-likeness (QED) is 0.160. The lowest BCUT2D eigenvalue weighted by molar-refractivity contribution is -0.139. The number of nitrogens with zero attached hydrogens (tertiary/aromatic N) is 2. The highest BCUT2D eigenvalue weighted by atomic mass is 31.2. The Hall–Kier alpha value is -2.56. The van der Waals surface area contributed by atoms with Gasteiger partial charge in [0, 0.05) is 30.4 Å². The molecular weight excluding hydrogens is 463 g/mol. The fourth-order valence-electron chi connectivity index (χ4n) is 3.16. The third-order valence-corrected chi connectivity index (χ3v) is 5.46. The average Bonchev–Trinajstić information content (AvgIpc) is 2.80. The van der Waals surface area contributed by atoms with E-state index in [9.17, 15) is 4.79 Å². The smallest absolute Gasteiger partial charge is 0.309 e. The third kappa shape index (κ3) is 9.36. The molecule has 5 N–H and O–H groups in total. The highest BCUT2D eigenvalue weighted by Gasteiger charge is 2.15. The molecule has 0 fully saturated rings. The van der Waals surface area contributed by atoms with Gasteiger partial charge in [-0.3, -0.25) is 4.79 Å². The van der Waals surface area contributed by atoms with E-state index in [2.05, 4.69) is 15.3 Å². The first-order valence-corrected chi connectivity index (χ1v) is 12.2. The predicted molar refractivity (Wildman–Crippen MR) is 129 cm³/mol. The Bertz CT molecular complexity index is 930. The van der Waals surface area contributed by atoms with Crippen molar-refractivity contribution >= 4 is 26.1 Å². The van der Waals surface area contributed by atoms with Gasteiger partial charge in [0.2, 0.25) is 5.95 Å². The maximum atomic E-state index is 11.6. The summed E-state index contributed by atoms with van der Waals surface area (Å²) < 4.78 is 21.1. The summed E-state index contributed by atoms with van der Waals surface area (Å²) in [6, 6.07) is 5.61. The van der Waals surface area contributed by atoms with Crippen molar-refractivity contribution in [3.8, 4) is 5.75 Å². The first-order chi connectivity index (χ1) is 16.3. The number of carbonyl (C=O) groups excluding carboxylic acids is 1. The maximum Gasteiger partial charge on any atom is 0.309 e. The number of rotatable bonds is 15. The molecule has 1 aromatic heterocycles. The molecule has 1 heterocycles. The van der Waals surface area contributed by atoms with Crippen LogP contribution < -0.4 is 15.8 Å². The van der Waals surface area contributed by atoms with E-state index < -0.39 is 8.38 Å². The Morgan fingerprint density at radius 2 is 1.85 bits per heavy atom. The molecular formula is C22H33N4O7P. The van der Waals surface area contributed by atoms with Gasteiger partial charge in [-0.05, 0) is 24.1 Å². The van der Waals surface area contributed by atoms with Crippen LogP contribution in [-0.2, 0) is 31.8 Å². The second-order valence-corrected chi connectivity index (χ2v) is 8.51. The molecule has 0 aliphatic rings. The topological polar surface area (TPSA) is 158 Å². The van der Waals surface area contributed by atoms with E-state index in [0.29, 0.717) is 44.4 Å². The van der Waals surface area contributed by atoms with Gasteiger partial charge in [-0.15, -0.1) is 0 Å². The summed E-state index contributed by atoms with van der Waals surface area (Å²) in [5, 5.41) is 3.25. The van der Waals surface area contributed by atoms with E-state index >= 15 is 0 Å². The summed E-state index contributed by atoms with van der Waals surface area (Å²) in [7, 11) is 1.02. The van der Waals surface area contributed by atoms with Crippen LogP contribution in [0.1, 0.15) is 22.4 Å². The Morgan fingerprint density at radius 1 is 1.12 bits per heavy atom. The number of carbonyl (C=O) groups is 1. The van der Waals surface area contributed by atoms with Crippen LogP contribution in [0.3, 0.4) is 0 Å². The standard InChI is InChI=1S/C22H33N4O7P/c1-15-18(14-17-5-4-16(12-19(17)30-2)13-20(27)31-3)21(26-22(23)25-15)24-6-7-32-8-9-33-10-11-34(28)29/h4-5,12,28-29H,6-11,13-14H2,1-3H3,(H3,23,24,25,26). The fraction of sp³-hybridized carbons (Fsp3) is 0.500. The number of methoxy groups -OCH3 is 2. The van der Waals surface area contributed by atoms with Crippen LogP contribution in [0.2, 0.25) is 0 Å². The zero-order valence-electron chi connectivity index (χ0n) is 19.7. The zero-order valence-corrected chi connectivity index (χ0v) is 20.6. The van der Waals surface area contributed by atoms with Crippen molar-refractivity contribution in [2.24, 2.45) is 0 Å². The summed E-state index contributed by atoms with van der Waals surface area (Å²) in [6.45, 7) is 3.84. The number of aryl methyl sites for hydroxylation is 1. The number of hydrogen-bond acceptors (Lipinski definition) is 11. The Kier molecular flexibility index (Phi) is 11.9. The lowest BCUT2D eigenvalue weighted by Gasteiger charge is -2.16. The molecule has 0 aliphatic carbocycles. The van der Waals surface area contributed by atoms with Crippen LogP contribution >= 0.6 is 8.38 Å². The molecule has 0 bridgehead atoms.